The van der Waals surface area contributed by atoms with Gasteiger partial charge in [0.05, 0.1) is 6.07 Å². The van der Waals surface area contributed by atoms with Gasteiger partial charge in [-0.3, -0.25) is 0 Å². The minimum absolute atomic E-state index is 0. The fraction of sp³-hybridized carbons (Fsp3) is 0.833. The van der Waals surface area contributed by atoms with Gasteiger partial charge in [0, 0.05) is 6.42 Å². The van der Waals surface area contributed by atoms with Crippen LogP contribution in [0.5, 0.6) is 0 Å². The highest BCUT2D eigenvalue weighted by molar-refractivity contribution is 8.06. The van der Waals surface area contributed by atoms with Crippen LogP contribution < -0.4 is 0 Å². The number of nitrogens with zero attached hydrogens (tertiary/aromatic N) is 1. The fourth-order valence-corrected chi connectivity index (χ4v) is 0. The van der Waals surface area contributed by atoms with Crippen molar-refractivity contribution in [3.8, 4) is 6.07 Å². The standard InChI is InChI=1S/C3H5N.C3H8.2H3O3PS.2H2O/c1-2-3-4;1-3-2;2*1-4(2,3)5;;/h2H2,1H3;3H2,1-2H3;2*(H3,1,2,3,5);2*1H2. The van der Waals surface area contributed by atoms with E-state index in [9.17, 15) is 0 Å². The third kappa shape index (κ3) is 2320. The molecule has 0 aliphatic heterocycles. The Morgan fingerprint density at radius 2 is 0.895 bits per heavy atom. The van der Waals surface area contributed by atoms with Gasteiger partial charge in [-0.25, -0.2) is 0 Å². The minimum Gasteiger partial charge on any atom is -0.412 e. The maximum atomic E-state index is 7.62. The van der Waals surface area contributed by atoms with Crippen molar-refractivity contribution in [3.63, 3.8) is 0 Å². The van der Waals surface area contributed by atoms with E-state index in [1.54, 1.807) is 0 Å². The fourth-order valence-electron chi connectivity index (χ4n) is 0. The summed E-state index contributed by atoms with van der Waals surface area (Å²) in [5.41, 5.74) is 0. The predicted octanol–water partition coefficient (Wildman–Crippen LogP) is -0.938. The van der Waals surface area contributed by atoms with Gasteiger partial charge in [0.2, 0.25) is 0 Å². The van der Waals surface area contributed by atoms with Gasteiger partial charge in [-0.15, -0.1) is 0 Å². The van der Waals surface area contributed by atoms with Crippen LogP contribution in [0.4, 0.5) is 0 Å². The first kappa shape index (κ1) is 36.6. The molecule has 0 rings (SSSR count). The summed E-state index contributed by atoms with van der Waals surface area (Å²) in [5, 5.41) is 7.62. The molecule has 0 amide bonds. The number of rotatable bonds is 0. The Kier molecular flexibility index (Phi) is 45.4. The van der Waals surface area contributed by atoms with E-state index in [0.717, 1.165) is 0 Å². The average Bonchev–Trinajstić information content (AvgIpc) is 1.99. The quantitative estimate of drug-likeness (QED) is 0.293. The lowest BCUT2D eigenvalue weighted by Gasteiger charge is -1.88. The molecule has 0 aromatic rings. The molecule has 0 saturated carbocycles. The Balaban J connectivity index is -0.0000000291. The first-order valence-corrected chi connectivity index (χ1v) is 9.58. The second-order valence-electron chi connectivity index (χ2n) is 2.25. The van der Waals surface area contributed by atoms with Crippen LogP contribution in [-0.2, 0) is 23.6 Å². The Labute approximate surface area is 122 Å². The van der Waals surface area contributed by atoms with Gasteiger partial charge in [0.15, 0.2) is 0 Å². The largest absolute Gasteiger partial charge is 0.412 e. The lowest BCUT2D eigenvalue weighted by Crippen LogP contribution is -1.65. The van der Waals surface area contributed by atoms with E-state index in [2.05, 4.69) is 37.5 Å². The first-order valence-electron chi connectivity index (χ1n) is 4.26. The Bertz CT molecular complexity index is 236. The molecule has 0 aliphatic carbocycles. The number of hydrogen-bond acceptors (Lipinski definition) is 3. The predicted molar refractivity (Wildman–Crippen MR) is 81.0 cm³/mol. The van der Waals surface area contributed by atoms with Crippen molar-refractivity contribution in [2.45, 2.75) is 33.6 Å². The van der Waals surface area contributed by atoms with Crippen molar-refractivity contribution in [2.24, 2.45) is 0 Å². The SMILES string of the molecule is CCC.CCC#N.O.O.OP(O)(O)=S.OP(O)(O)=S. The smallest absolute Gasteiger partial charge is 0.319 e. The Hall–Kier alpha value is 0.470. The van der Waals surface area contributed by atoms with Crippen LogP contribution in [-0.4, -0.2) is 40.3 Å². The van der Waals surface area contributed by atoms with E-state index in [1.807, 2.05) is 13.0 Å². The second-order valence-corrected chi connectivity index (χ2v) is 7.24. The van der Waals surface area contributed by atoms with Gasteiger partial charge in [0.25, 0.3) is 0 Å². The molecular formula is C6H23NO8P2S2. The molecule has 19 heavy (non-hydrogen) atoms. The zero-order chi connectivity index (χ0) is 15.1. The summed E-state index contributed by atoms with van der Waals surface area (Å²) in [6.07, 6.45) is 1.88. The van der Waals surface area contributed by atoms with Crippen LogP contribution >= 0.6 is 13.4 Å². The van der Waals surface area contributed by atoms with Gasteiger partial charge in [-0.05, 0) is 23.6 Å². The average molecular weight is 363 g/mol. The van der Waals surface area contributed by atoms with Crippen molar-refractivity contribution in [3.05, 3.63) is 0 Å². The van der Waals surface area contributed by atoms with E-state index < -0.39 is 13.4 Å². The van der Waals surface area contributed by atoms with Crippen LogP contribution in [0.25, 0.3) is 0 Å². The van der Waals surface area contributed by atoms with Gasteiger partial charge in [-0.2, -0.15) is 5.26 Å². The number of nitriles is 1. The lowest BCUT2D eigenvalue weighted by molar-refractivity contribution is 0.361. The molecule has 0 heterocycles. The van der Waals surface area contributed by atoms with Gasteiger partial charge in [0.1, 0.15) is 0 Å². The molecule has 0 radical (unpaired) electrons. The molecule has 9 nitrogen and oxygen atoms in total. The minimum atomic E-state index is -3.81. The Morgan fingerprint density at radius 1 is 0.842 bits per heavy atom. The normalized spacial score (nSPS) is 8.21. The molecular weight excluding hydrogens is 340 g/mol. The molecule has 0 aromatic heterocycles. The molecule has 122 valence electrons. The van der Waals surface area contributed by atoms with Gasteiger partial charge >= 0.3 is 13.4 Å². The van der Waals surface area contributed by atoms with Gasteiger partial charge in [-0.1, -0.05) is 27.2 Å². The summed E-state index contributed by atoms with van der Waals surface area (Å²) in [6, 6.07) is 1.93. The highest BCUT2D eigenvalue weighted by atomic mass is 32.5. The van der Waals surface area contributed by atoms with Crippen LogP contribution in [0.2, 0.25) is 0 Å². The summed E-state index contributed by atoms with van der Waals surface area (Å²) in [6.45, 7) is -1.54. The molecule has 0 aromatic carbocycles. The molecule has 0 fully saturated rings. The third-order valence-corrected chi connectivity index (χ3v) is 0.158. The first-order chi connectivity index (χ1) is 7.33. The van der Waals surface area contributed by atoms with E-state index in [-0.39, 0.29) is 11.0 Å². The molecule has 13 heteroatoms. The number of hydrogen-bond donors (Lipinski definition) is 6. The van der Waals surface area contributed by atoms with Crippen molar-refractivity contribution >= 4 is 37.1 Å². The van der Waals surface area contributed by atoms with E-state index in [1.165, 1.54) is 6.42 Å². The highest BCUT2D eigenvalue weighted by Gasteiger charge is 1.92. The van der Waals surface area contributed by atoms with Crippen LogP contribution in [0.3, 0.4) is 0 Å². The maximum absolute atomic E-state index is 7.62. The molecule has 0 bridgehead atoms. The monoisotopic (exact) mass is 363 g/mol. The van der Waals surface area contributed by atoms with Crippen LogP contribution in [0.1, 0.15) is 33.6 Å². The van der Waals surface area contributed by atoms with Crippen molar-refractivity contribution in [1.29, 1.82) is 5.26 Å². The third-order valence-electron chi connectivity index (χ3n) is 0.158. The summed E-state index contributed by atoms with van der Waals surface area (Å²) >= 11 is 7.21. The summed E-state index contributed by atoms with van der Waals surface area (Å²) < 4.78 is 0. The maximum Gasteiger partial charge on any atom is 0.319 e. The molecule has 0 unspecified atom stereocenters. The molecule has 10 N–H and O–H groups in total. The lowest BCUT2D eigenvalue weighted by atomic mass is 10.6. The molecule has 0 aliphatic rings. The summed E-state index contributed by atoms with van der Waals surface area (Å²) in [5.74, 6) is 0. The second kappa shape index (κ2) is 23.6. The van der Waals surface area contributed by atoms with Crippen molar-refractivity contribution in [1.82, 2.24) is 0 Å². The van der Waals surface area contributed by atoms with E-state index >= 15 is 0 Å². The molecule has 0 saturated heterocycles. The van der Waals surface area contributed by atoms with E-state index in [0.29, 0.717) is 6.42 Å². The highest BCUT2D eigenvalue weighted by Crippen LogP contribution is 2.26. The summed E-state index contributed by atoms with van der Waals surface area (Å²) in [4.78, 5) is 45.3. The van der Waals surface area contributed by atoms with Crippen LogP contribution in [0, 0.1) is 11.3 Å². The zero-order valence-corrected chi connectivity index (χ0v) is 14.2. The zero-order valence-electron chi connectivity index (χ0n) is 10.8. The molecule has 0 atom stereocenters. The van der Waals surface area contributed by atoms with Crippen molar-refractivity contribution < 1.29 is 40.3 Å². The van der Waals surface area contributed by atoms with E-state index in [4.69, 9.17) is 34.6 Å². The van der Waals surface area contributed by atoms with Gasteiger partial charge < -0.3 is 40.3 Å². The summed E-state index contributed by atoms with van der Waals surface area (Å²) in [7, 11) is 0. The molecule has 0 spiro atoms. The Morgan fingerprint density at radius 3 is 0.895 bits per heavy atom. The topological polar surface area (TPSA) is 208 Å². The van der Waals surface area contributed by atoms with Crippen molar-refractivity contribution in [2.75, 3.05) is 0 Å². The van der Waals surface area contributed by atoms with Crippen LogP contribution in [0.15, 0.2) is 0 Å².